The number of likely N-dealkylation sites (N-methyl/N-ethyl adjacent to an activating group) is 1. The molecule has 1 N–H and O–H groups in total. The van der Waals surface area contributed by atoms with Gasteiger partial charge in [-0.15, -0.1) is 11.3 Å². The van der Waals surface area contributed by atoms with Crippen LogP contribution in [0, 0.1) is 0 Å². The minimum Gasteiger partial charge on any atom is -0.343 e. The smallest absolute Gasteiger partial charge is 0.251 e. The molecule has 0 radical (unpaired) electrons. The molecule has 25 heavy (non-hydrogen) atoms. The van der Waals surface area contributed by atoms with Crippen LogP contribution >= 0.6 is 22.9 Å². The van der Waals surface area contributed by atoms with Crippen molar-refractivity contribution in [3.63, 3.8) is 0 Å². The lowest BCUT2D eigenvalue weighted by atomic mass is 9.87. The second-order valence-electron chi connectivity index (χ2n) is 6.97. The lowest BCUT2D eigenvalue weighted by Gasteiger charge is -2.19. The van der Waals surface area contributed by atoms with Crippen LogP contribution in [0.2, 0.25) is 4.34 Å². The molecule has 0 aliphatic rings. The summed E-state index contributed by atoms with van der Waals surface area (Å²) in [5.41, 5.74) is 1.75. The van der Waals surface area contributed by atoms with Crippen molar-refractivity contribution in [2.75, 3.05) is 13.6 Å². The molecule has 0 spiro atoms. The van der Waals surface area contributed by atoms with Gasteiger partial charge in [-0.2, -0.15) is 0 Å². The first kappa shape index (κ1) is 19.5. The average Bonchev–Trinajstić information content (AvgIpc) is 2.96. The van der Waals surface area contributed by atoms with Crippen LogP contribution < -0.4 is 5.32 Å². The third kappa shape index (κ3) is 5.58. The van der Waals surface area contributed by atoms with Crippen molar-refractivity contribution in [2.24, 2.45) is 0 Å². The van der Waals surface area contributed by atoms with Gasteiger partial charge in [0.05, 0.1) is 17.4 Å². The van der Waals surface area contributed by atoms with Crippen molar-refractivity contribution in [1.82, 2.24) is 10.2 Å². The van der Waals surface area contributed by atoms with Crippen LogP contribution in [-0.2, 0) is 16.8 Å². The highest BCUT2D eigenvalue weighted by Crippen LogP contribution is 2.23. The first-order chi connectivity index (χ1) is 11.7. The van der Waals surface area contributed by atoms with Crippen LogP contribution in [0.25, 0.3) is 0 Å². The van der Waals surface area contributed by atoms with Crippen LogP contribution in [0.3, 0.4) is 0 Å². The molecule has 134 valence electrons. The highest BCUT2D eigenvalue weighted by molar-refractivity contribution is 7.16. The van der Waals surface area contributed by atoms with Gasteiger partial charge in [0.1, 0.15) is 0 Å². The normalized spacial score (nSPS) is 11.2. The molecule has 2 amide bonds. The van der Waals surface area contributed by atoms with Crippen LogP contribution in [0.5, 0.6) is 0 Å². The molecule has 2 rings (SSSR count). The largest absolute Gasteiger partial charge is 0.343 e. The van der Waals surface area contributed by atoms with E-state index in [1.54, 1.807) is 24.1 Å². The number of hydrogen-bond acceptors (Lipinski definition) is 3. The maximum atomic E-state index is 12.2. The molecule has 0 bridgehead atoms. The lowest BCUT2D eigenvalue weighted by molar-refractivity contribution is -0.129. The van der Waals surface area contributed by atoms with E-state index in [0.717, 1.165) is 10.4 Å². The number of nitrogens with one attached hydrogen (secondary N) is 1. The fraction of sp³-hybridized carbons (Fsp3) is 0.368. The number of nitrogens with zero attached hydrogens (tertiary/aromatic N) is 1. The Bertz CT molecular complexity index is 748. The van der Waals surface area contributed by atoms with Crippen molar-refractivity contribution < 1.29 is 9.59 Å². The number of carbonyl (C=O) groups excluding carboxylic acids is 2. The third-order valence-electron chi connectivity index (χ3n) is 3.86. The molecule has 0 aliphatic heterocycles. The standard InChI is InChI=1S/C19H23ClN2O2S/c1-19(2,3)14-7-5-13(6-8-14)18(24)21-11-17(23)22(4)12-15-9-10-16(20)25-15/h5-10H,11-12H2,1-4H3,(H,21,24). The second-order valence-corrected chi connectivity index (χ2v) is 8.77. The quantitative estimate of drug-likeness (QED) is 0.851. The van der Waals surface area contributed by atoms with Crippen LogP contribution in [0.4, 0.5) is 0 Å². The Kier molecular flexibility index (Phi) is 6.25. The van der Waals surface area contributed by atoms with Crippen LogP contribution in [0.1, 0.15) is 41.6 Å². The van der Waals surface area contributed by atoms with Gasteiger partial charge in [0.15, 0.2) is 0 Å². The van der Waals surface area contributed by atoms with Crippen molar-refractivity contribution in [3.8, 4) is 0 Å². The van der Waals surface area contributed by atoms with E-state index in [1.807, 2.05) is 24.3 Å². The second kappa shape index (κ2) is 8.02. The number of benzene rings is 1. The van der Waals surface area contributed by atoms with Gasteiger partial charge in [0.2, 0.25) is 5.91 Å². The van der Waals surface area contributed by atoms with Gasteiger partial charge in [-0.25, -0.2) is 0 Å². The van der Waals surface area contributed by atoms with Gasteiger partial charge < -0.3 is 10.2 Å². The Balaban J connectivity index is 1.87. The highest BCUT2D eigenvalue weighted by atomic mass is 35.5. The summed E-state index contributed by atoms with van der Waals surface area (Å²) in [5.74, 6) is -0.398. The summed E-state index contributed by atoms with van der Waals surface area (Å²) in [6.45, 7) is 6.81. The molecule has 4 nitrogen and oxygen atoms in total. The minimum absolute atomic E-state index is 0.0323. The molecule has 1 heterocycles. The Labute approximate surface area is 157 Å². The monoisotopic (exact) mass is 378 g/mol. The summed E-state index contributed by atoms with van der Waals surface area (Å²) in [6.07, 6.45) is 0. The van der Waals surface area contributed by atoms with Crippen molar-refractivity contribution in [1.29, 1.82) is 0 Å². The van der Waals surface area contributed by atoms with E-state index in [-0.39, 0.29) is 23.8 Å². The molecule has 0 atom stereocenters. The summed E-state index contributed by atoms with van der Waals surface area (Å²) >= 11 is 7.33. The van der Waals surface area contributed by atoms with E-state index in [1.165, 1.54) is 11.3 Å². The fourth-order valence-corrected chi connectivity index (χ4v) is 3.41. The summed E-state index contributed by atoms with van der Waals surface area (Å²) in [4.78, 5) is 26.9. The molecule has 0 unspecified atom stereocenters. The number of thiophene rings is 1. The van der Waals surface area contributed by atoms with Gasteiger partial charge in [-0.05, 0) is 35.2 Å². The van der Waals surface area contributed by atoms with Gasteiger partial charge in [0.25, 0.3) is 5.91 Å². The Hall–Kier alpha value is -1.85. The molecule has 1 aromatic heterocycles. The number of rotatable bonds is 5. The van der Waals surface area contributed by atoms with E-state index in [9.17, 15) is 9.59 Å². The lowest BCUT2D eigenvalue weighted by Crippen LogP contribution is -2.37. The molecule has 0 saturated heterocycles. The van der Waals surface area contributed by atoms with Crippen LogP contribution in [0.15, 0.2) is 36.4 Å². The van der Waals surface area contributed by atoms with E-state index in [2.05, 4.69) is 26.1 Å². The zero-order valence-corrected chi connectivity index (χ0v) is 16.5. The molecular weight excluding hydrogens is 356 g/mol. The summed E-state index contributed by atoms with van der Waals surface area (Å²) < 4.78 is 0.697. The van der Waals surface area contributed by atoms with Crippen LogP contribution in [-0.4, -0.2) is 30.3 Å². The molecular formula is C19H23ClN2O2S. The van der Waals surface area contributed by atoms with E-state index < -0.39 is 0 Å². The number of amides is 2. The van der Waals surface area contributed by atoms with Gasteiger partial charge in [-0.3, -0.25) is 9.59 Å². The van der Waals surface area contributed by atoms with E-state index in [0.29, 0.717) is 16.4 Å². The van der Waals surface area contributed by atoms with Gasteiger partial charge in [0, 0.05) is 17.5 Å². The zero-order valence-electron chi connectivity index (χ0n) is 14.9. The predicted molar refractivity (Wildman–Crippen MR) is 103 cm³/mol. The molecule has 0 saturated carbocycles. The molecule has 6 heteroatoms. The summed E-state index contributed by atoms with van der Waals surface area (Å²) in [5, 5.41) is 2.68. The first-order valence-corrected chi connectivity index (χ1v) is 9.23. The van der Waals surface area contributed by atoms with Crippen molar-refractivity contribution in [3.05, 3.63) is 56.7 Å². The van der Waals surface area contributed by atoms with Gasteiger partial charge >= 0.3 is 0 Å². The van der Waals surface area contributed by atoms with Gasteiger partial charge in [-0.1, -0.05) is 44.5 Å². The predicted octanol–water partition coefficient (Wildman–Crippen LogP) is 4.09. The fourth-order valence-electron chi connectivity index (χ4n) is 2.27. The topological polar surface area (TPSA) is 49.4 Å². The number of carbonyl (C=O) groups is 2. The highest BCUT2D eigenvalue weighted by Gasteiger charge is 2.15. The number of halogens is 1. The zero-order chi connectivity index (χ0) is 18.6. The Morgan fingerprint density at radius 3 is 2.28 bits per heavy atom. The maximum Gasteiger partial charge on any atom is 0.251 e. The number of hydrogen-bond donors (Lipinski definition) is 1. The van der Waals surface area contributed by atoms with E-state index in [4.69, 9.17) is 11.6 Å². The molecule has 0 fully saturated rings. The Morgan fingerprint density at radius 2 is 1.76 bits per heavy atom. The van der Waals surface area contributed by atoms with E-state index >= 15 is 0 Å². The molecule has 0 aliphatic carbocycles. The third-order valence-corrected chi connectivity index (χ3v) is 5.08. The average molecular weight is 379 g/mol. The van der Waals surface area contributed by atoms with Crippen molar-refractivity contribution >= 4 is 34.8 Å². The maximum absolute atomic E-state index is 12.2. The van der Waals surface area contributed by atoms with Crippen molar-refractivity contribution in [2.45, 2.75) is 32.7 Å². The summed E-state index contributed by atoms with van der Waals surface area (Å²) in [7, 11) is 1.71. The minimum atomic E-state index is -0.249. The Morgan fingerprint density at radius 1 is 1.12 bits per heavy atom. The SMILES string of the molecule is CN(Cc1ccc(Cl)s1)C(=O)CNC(=O)c1ccc(C(C)(C)C)cc1. The molecule has 1 aromatic carbocycles. The molecule has 2 aromatic rings. The first-order valence-electron chi connectivity index (χ1n) is 8.04. The summed E-state index contributed by atoms with van der Waals surface area (Å²) in [6, 6.07) is 11.2.